The fourth-order valence-corrected chi connectivity index (χ4v) is 5.23. The zero-order chi connectivity index (χ0) is 20.9. The molecule has 4 heterocycles. The summed E-state index contributed by atoms with van der Waals surface area (Å²) in [4.78, 5) is 53.0. The van der Waals surface area contributed by atoms with Crippen LogP contribution in [0.1, 0.15) is 37.1 Å². The average Bonchev–Trinajstić information content (AvgIpc) is 3.29. The van der Waals surface area contributed by atoms with Crippen LogP contribution in [-0.2, 0) is 40.4 Å². The molecule has 10 heteroatoms. The second kappa shape index (κ2) is 7.10. The number of aromatic nitrogens is 2. The van der Waals surface area contributed by atoms with Gasteiger partial charge in [-0.2, -0.15) is 0 Å². The minimum Gasteiger partial charge on any atom is -0.480 e. The lowest BCUT2D eigenvalue weighted by Crippen LogP contribution is -2.44. The monoisotopic (exact) mass is 421 g/mol. The van der Waals surface area contributed by atoms with E-state index in [1.54, 1.807) is 4.90 Å². The van der Waals surface area contributed by atoms with Gasteiger partial charge in [-0.3, -0.25) is 19.0 Å². The van der Waals surface area contributed by atoms with Crippen LogP contribution in [0, 0.1) is 0 Å². The Morgan fingerprint density at radius 1 is 1.14 bits per heavy atom. The highest BCUT2D eigenvalue weighted by Gasteiger charge is 2.32. The fourth-order valence-electron chi connectivity index (χ4n) is 4.02. The van der Waals surface area contributed by atoms with Gasteiger partial charge in [-0.1, -0.05) is 0 Å². The first-order chi connectivity index (χ1) is 13.7. The third kappa shape index (κ3) is 3.51. The van der Waals surface area contributed by atoms with Crippen LogP contribution in [0.2, 0.25) is 0 Å². The van der Waals surface area contributed by atoms with E-state index in [1.807, 2.05) is 13.8 Å². The molecule has 0 spiro atoms. The Hall–Kier alpha value is -2.46. The molecule has 2 aromatic heterocycles. The zero-order valence-corrected chi connectivity index (χ0v) is 17.2. The van der Waals surface area contributed by atoms with Gasteiger partial charge in [-0.05, 0) is 32.3 Å². The lowest BCUT2D eigenvalue weighted by atomic mass is 9.94. The van der Waals surface area contributed by atoms with Crippen molar-refractivity contribution < 1.29 is 19.4 Å². The first-order valence-corrected chi connectivity index (χ1v) is 10.4. The standard InChI is InChI=1S/C19H23N3O6S/c1-19(2)7-11-12(10-28-19)29-17-15(11)16(26)21(9-14(24)25)18(27)22(17)8-13(23)20-5-3-4-6-20/h3-10H2,1-2H3,(H,24,25). The van der Waals surface area contributed by atoms with Crippen molar-refractivity contribution in [2.75, 3.05) is 13.1 Å². The topological polar surface area (TPSA) is 111 Å². The Kier molecular flexibility index (Phi) is 4.86. The predicted molar refractivity (Wildman–Crippen MR) is 106 cm³/mol. The molecule has 2 aromatic rings. The summed E-state index contributed by atoms with van der Waals surface area (Å²) in [5, 5.41) is 9.54. The number of rotatable bonds is 4. The van der Waals surface area contributed by atoms with Crippen molar-refractivity contribution in [3.05, 3.63) is 31.3 Å². The van der Waals surface area contributed by atoms with E-state index in [2.05, 4.69) is 0 Å². The van der Waals surface area contributed by atoms with Crippen molar-refractivity contribution in [1.29, 1.82) is 0 Å². The van der Waals surface area contributed by atoms with Crippen molar-refractivity contribution in [1.82, 2.24) is 14.0 Å². The molecule has 0 unspecified atom stereocenters. The highest BCUT2D eigenvalue weighted by molar-refractivity contribution is 7.18. The Bertz CT molecular complexity index is 1120. The second-order valence-corrected chi connectivity index (χ2v) is 9.23. The summed E-state index contributed by atoms with van der Waals surface area (Å²) in [5.74, 6) is -1.48. The number of amides is 1. The lowest BCUT2D eigenvalue weighted by molar-refractivity contribution is -0.137. The summed E-state index contributed by atoms with van der Waals surface area (Å²) in [7, 11) is 0. The summed E-state index contributed by atoms with van der Waals surface area (Å²) in [6, 6.07) is 0. The number of likely N-dealkylation sites (tertiary alicyclic amines) is 1. The van der Waals surface area contributed by atoms with Crippen LogP contribution in [-0.4, -0.2) is 49.7 Å². The van der Waals surface area contributed by atoms with E-state index in [0.717, 1.165) is 27.8 Å². The van der Waals surface area contributed by atoms with Gasteiger partial charge in [0.25, 0.3) is 5.56 Å². The summed E-state index contributed by atoms with van der Waals surface area (Å²) >= 11 is 1.27. The van der Waals surface area contributed by atoms with E-state index in [9.17, 15) is 24.3 Å². The molecule has 156 valence electrons. The first kappa shape index (κ1) is 19.8. The van der Waals surface area contributed by atoms with E-state index in [-0.39, 0.29) is 12.5 Å². The average molecular weight is 421 g/mol. The lowest BCUT2D eigenvalue weighted by Gasteiger charge is -2.29. The minimum absolute atomic E-state index is 0.200. The molecule has 4 rings (SSSR count). The summed E-state index contributed by atoms with van der Waals surface area (Å²) in [6.07, 6.45) is 2.32. The van der Waals surface area contributed by atoms with Crippen LogP contribution in [0.3, 0.4) is 0 Å². The molecule has 1 amide bonds. The van der Waals surface area contributed by atoms with E-state index < -0.39 is 29.4 Å². The SMILES string of the molecule is CC1(C)Cc2c(sc3c2c(=O)n(CC(=O)O)c(=O)n3CC(=O)N2CCCC2)CO1. The molecular formula is C19H23N3O6S. The van der Waals surface area contributed by atoms with Crippen molar-refractivity contribution in [2.24, 2.45) is 0 Å². The van der Waals surface area contributed by atoms with Crippen LogP contribution in [0.25, 0.3) is 10.2 Å². The first-order valence-electron chi connectivity index (χ1n) is 9.59. The number of aliphatic carboxylic acids is 1. The number of hydrogen-bond acceptors (Lipinski definition) is 6. The highest BCUT2D eigenvalue weighted by atomic mass is 32.1. The molecule has 0 aliphatic carbocycles. The van der Waals surface area contributed by atoms with Crippen molar-refractivity contribution in [3.63, 3.8) is 0 Å². The number of thiophene rings is 1. The Morgan fingerprint density at radius 3 is 2.48 bits per heavy atom. The van der Waals surface area contributed by atoms with Gasteiger partial charge in [0.1, 0.15) is 17.9 Å². The van der Waals surface area contributed by atoms with E-state index in [4.69, 9.17) is 4.74 Å². The van der Waals surface area contributed by atoms with Crippen LogP contribution >= 0.6 is 11.3 Å². The number of hydrogen-bond donors (Lipinski definition) is 1. The number of ether oxygens (including phenoxy) is 1. The van der Waals surface area contributed by atoms with Crippen molar-refractivity contribution in [2.45, 2.75) is 58.4 Å². The maximum absolute atomic E-state index is 13.1. The molecule has 0 saturated carbocycles. The summed E-state index contributed by atoms with van der Waals surface area (Å²) < 4.78 is 7.81. The quantitative estimate of drug-likeness (QED) is 0.781. The Labute approximate surface area is 170 Å². The van der Waals surface area contributed by atoms with Crippen molar-refractivity contribution >= 4 is 33.4 Å². The van der Waals surface area contributed by atoms with E-state index in [0.29, 0.717) is 36.3 Å². The maximum Gasteiger partial charge on any atom is 0.333 e. The zero-order valence-electron chi connectivity index (χ0n) is 16.4. The molecule has 1 saturated heterocycles. The molecule has 29 heavy (non-hydrogen) atoms. The van der Waals surface area contributed by atoms with Gasteiger partial charge in [-0.15, -0.1) is 11.3 Å². The molecular weight excluding hydrogens is 398 g/mol. The van der Waals surface area contributed by atoms with Crippen LogP contribution in [0.4, 0.5) is 0 Å². The van der Waals surface area contributed by atoms with Gasteiger partial charge >= 0.3 is 11.7 Å². The minimum atomic E-state index is -1.28. The number of nitrogens with zero attached hydrogens (tertiary/aromatic N) is 3. The Balaban J connectivity index is 1.92. The molecule has 0 atom stereocenters. The van der Waals surface area contributed by atoms with Crippen LogP contribution < -0.4 is 11.2 Å². The van der Waals surface area contributed by atoms with Gasteiger partial charge in [0.2, 0.25) is 5.91 Å². The summed E-state index contributed by atoms with van der Waals surface area (Å²) in [6.45, 7) is 4.50. The molecule has 1 N–H and O–H groups in total. The highest BCUT2D eigenvalue weighted by Crippen LogP contribution is 2.37. The number of carboxylic acids is 1. The van der Waals surface area contributed by atoms with E-state index >= 15 is 0 Å². The van der Waals surface area contributed by atoms with Crippen molar-refractivity contribution in [3.8, 4) is 0 Å². The van der Waals surface area contributed by atoms with Gasteiger partial charge in [0.15, 0.2) is 0 Å². The number of carboxylic acid groups (broad SMARTS) is 1. The molecule has 2 aliphatic heterocycles. The molecule has 0 aromatic carbocycles. The Morgan fingerprint density at radius 2 is 1.83 bits per heavy atom. The molecule has 0 radical (unpaired) electrons. The summed E-state index contributed by atoms with van der Waals surface area (Å²) in [5.41, 5.74) is -1.08. The number of fused-ring (bicyclic) bond motifs is 3. The van der Waals surface area contributed by atoms with Gasteiger partial charge in [0, 0.05) is 24.4 Å². The normalized spacial score (nSPS) is 18.2. The smallest absolute Gasteiger partial charge is 0.333 e. The maximum atomic E-state index is 13.1. The van der Waals surface area contributed by atoms with Crippen LogP contribution in [0.5, 0.6) is 0 Å². The van der Waals surface area contributed by atoms with Crippen LogP contribution in [0.15, 0.2) is 9.59 Å². The largest absolute Gasteiger partial charge is 0.480 e. The van der Waals surface area contributed by atoms with Gasteiger partial charge < -0.3 is 14.7 Å². The predicted octanol–water partition coefficient (Wildman–Crippen LogP) is 0.783. The third-order valence-corrected chi connectivity index (χ3v) is 6.71. The number of carbonyl (C=O) groups is 2. The van der Waals surface area contributed by atoms with E-state index in [1.165, 1.54) is 15.9 Å². The molecule has 9 nitrogen and oxygen atoms in total. The number of carbonyl (C=O) groups excluding carboxylic acids is 1. The molecule has 0 bridgehead atoms. The van der Waals surface area contributed by atoms with Gasteiger partial charge in [0.05, 0.1) is 17.6 Å². The molecule has 1 fully saturated rings. The third-order valence-electron chi connectivity index (χ3n) is 5.48. The second-order valence-electron chi connectivity index (χ2n) is 8.15. The molecule has 2 aliphatic rings. The fraction of sp³-hybridized carbons (Fsp3) is 0.579. The van der Waals surface area contributed by atoms with Gasteiger partial charge in [-0.25, -0.2) is 9.36 Å².